The maximum atomic E-state index is 10.5. The molecule has 0 bridgehead atoms. The molecule has 1 aromatic heterocycles. The summed E-state index contributed by atoms with van der Waals surface area (Å²) >= 11 is 0. The van der Waals surface area contributed by atoms with Crippen molar-refractivity contribution in [1.82, 2.24) is 9.78 Å². The topological polar surface area (TPSA) is 38.0 Å². The molecule has 0 fully saturated rings. The third-order valence-electron chi connectivity index (χ3n) is 3.50. The van der Waals surface area contributed by atoms with Gasteiger partial charge in [0.05, 0.1) is 0 Å². The minimum absolute atomic E-state index is 0.355. The van der Waals surface area contributed by atoms with Crippen LogP contribution in [0.15, 0.2) is 24.3 Å². The first-order chi connectivity index (χ1) is 9.67. The van der Waals surface area contributed by atoms with Gasteiger partial charge in [0.15, 0.2) is 5.75 Å². The molecule has 0 unspecified atom stereocenters. The van der Waals surface area contributed by atoms with Gasteiger partial charge in [-0.1, -0.05) is 50.5 Å². The van der Waals surface area contributed by atoms with Gasteiger partial charge >= 0.3 is 0 Å². The summed E-state index contributed by atoms with van der Waals surface area (Å²) in [7, 11) is 0. The van der Waals surface area contributed by atoms with E-state index < -0.39 is 0 Å². The summed E-state index contributed by atoms with van der Waals surface area (Å²) in [5.41, 5.74) is 3.93. The molecular formula is C17H24N2O. The molecule has 108 valence electrons. The highest BCUT2D eigenvalue weighted by Crippen LogP contribution is 2.33. The predicted octanol–water partition coefficient (Wildman–Crippen LogP) is 4.32. The van der Waals surface area contributed by atoms with Crippen LogP contribution < -0.4 is 0 Å². The van der Waals surface area contributed by atoms with Gasteiger partial charge in [-0.2, -0.15) is 5.10 Å². The van der Waals surface area contributed by atoms with Crippen LogP contribution in [0.1, 0.15) is 44.4 Å². The van der Waals surface area contributed by atoms with Crippen molar-refractivity contribution >= 4 is 0 Å². The average Bonchev–Trinajstić information content (AvgIpc) is 2.73. The number of rotatable bonds is 6. The maximum absolute atomic E-state index is 10.5. The fourth-order valence-electron chi connectivity index (χ4n) is 2.45. The molecule has 0 spiro atoms. The zero-order valence-electron chi connectivity index (χ0n) is 12.7. The van der Waals surface area contributed by atoms with Gasteiger partial charge in [-0.3, -0.25) is 4.68 Å². The van der Waals surface area contributed by atoms with E-state index in [2.05, 4.69) is 38.0 Å². The van der Waals surface area contributed by atoms with Crippen LogP contribution in [0, 0.1) is 6.92 Å². The number of nitrogens with zero attached hydrogens (tertiary/aromatic N) is 2. The van der Waals surface area contributed by atoms with Crippen molar-refractivity contribution in [2.24, 2.45) is 0 Å². The number of aromatic nitrogens is 2. The molecule has 3 nitrogen and oxygen atoms in total. The fourth-order valence-corrected chi connectivity index (χ4v) is 2.45. The Hall–Kier alpha value is -1.77. The van der Waals surface area contributed by atoms with E-state index in [1.165, 1.54) is 5.56 Å². The smallest absolute Gasteiger partial charge is 0.164 e. The summed E-state index contributed by atoms with van der Waals surface area (Å²) in [5.74, 6) is 0.355. The van der Waals surface area contributed by atoms with Gasteiger partial charge in [-0.15, -0.1) is 0 Å². The molecule has 3 heteroatoms. The molecule has 2 rings (SSSR count). The molecule has 1 aromatic carbocycles. The molecule has 0 amide bonds. The van der Waals surface area contributed by atoms with E-state index in [1.807, 2.05) is 16.8 Å². The summed E-state index contributed by atoms with van der Waals surface area (Å²) in [6.07, 6.45) is 4.01. The standard InChI is InChI=1S/C17H24N2O/c1-4-6-11-19-16(14-10-7-9-13(3)12-14)17(20)15(18-19)8-5-2/h7,9-10,12,20H,4-6,8,11H2,1-3H3. The minimum Gasteiger partial charge on any atom is -0.504 e. The van der Waals surface area contributed by atoms with Crippen molar-refractivity contribution in [3.63, 3.8) is 0 Å². The van der Waals surface area contributed by atoms with E-state index >= 15 is 0 Å². The third kappa shape index (κ3) is 3.03. The normalized spacial score (nSPS) is 10.9. The summed E-state index contributed by atoms with van der Waals surface area (Å²) in [5, 5.41) is 15.1. The highest BCUT2D eigenvalue weighted by Gasteiger charge is 2.17. The minimum atomic E-state index is 0.355. The molecule has 0 saturated heterocycles. The lowest BCUT2D eigenvalue weighted by atomic mass is 10.1. The van der Waals surface area contributed by atoms with Gasteiger partial charge in [0.25, 0.3) is 0 Å². The Labute approximate surface area is 121 Å². The van der Waals surface area contributed by atoms with Crippen LogP contribution in [0.25, 0.3) is 11.3 Å². The van der Waals surface area contributed by atoms with Gasteiger partial charge < -0.3 is 5.11 Å². The van der Waals surface area contributed by atoms with Gasteiger partial charge in [0.2, 0.25) is 0 Å². The van der Waals surface area contributed by atoms with Crippen molar-refractivity contribution in [3.8, 4) is 17.0 Å². The summed E-state index contributed by atoms with van der Waals surface area (Å²) < 4.78 is 1.97. The van der Waals surface area contributed by atoms with E-state index in [0.29, 0.717) is 5.75 Å². The molecule has 0 atom stereocenters. The Bertz CT molecular complexity index is 572. The highest BCUT2D eigenvalue weighted by atomic mass is 16.3. The summed E-state index contributed by atoms with van der Waals surface area (Å²) in [4.78, 5) is 0. The van der Waals surface area contributed by atoms with Crippen LogP contribution in [0.4, 0.5) is 0 Å². The zero-order valence-corrected chi connectivity index (χ0v) is 12.7. The number of hydrogen-bond donors (Lipinski definition) is 1. The lowest BCUT2D eigenvalue weighted by Crippen LogP contribution is -2.03. The van der Waals surface area contributed by atoms with Crippen molar-refractivity contribution in [1.29, 1.82) is 0 Å². The lowest BCUT2D eigenvalue weighted by Gasteiger charge is -2.08. The van der Waals surface area contributed by atoms with Crippen LogP contribution in [-0.2, 0) is 13.0 Å². The Kier molecular flexibility index (Phi) is 4.83. The molecule has 20 heavy (non-hydrogen) atoms. The second-order valence-corrected chi connectivity index (χ2v) is 5.34. The van der Waals surface area contributed by atoms with Gasteiger partial charge in [0, 0.05) is 12.1 Å². The number of hydrogen-bond acceptors (Lipinski definition) is 2. The largest absolute Gasteiger partial charge is 0.504 e. The number of unbranched alkanes of at least 4 members (excludes halogenated alkanes) is 1. The van der Waals surface area contributed by atoms with Crippen LogP contribution in [0.2, 0.25) is 0 Å². The Morgan fingerprint density at radius 2 is 2.00 bits per heavy atom. The Morgan fingerprint density at radius 3 is 2.65 bits per heavy atom. The lowest BCUT2D eigenvalue weighted by molar-refractivity contribution is 0.469. The highest BCUT2D eigenvalue weighted by molar-refractivity contribution is 5.68. The molecule has 0 radical (unpaired) electrons. The molecule has 0 aliphatic rings. The van der Waals surface area contributed by atoms with E-state index in [-0.39, 0.29) is 0 Å². The second kappa shape index (κ2) is 6.60. The van der Waals surface area contributed by atoms with Gasteiger partial charge in [-0.05, 0) is 25.8 Å². The fraction of sp³-hybridized carbons (Fsp3) is 0.471. The second-order valence-electron chi connectivity index (χ2n) is 5.34. The number of aromatic hydroxyl groups is 1. The predicted molar refractivity (Wildman–Crippen MR) is 83.0 cm³/mol. The molecule has 0 aliphatic carbocycles. The van der Waals surface area contributed by atoms with Crippen LogP contribution >= 0.6 is 0 Å². The first kappa shape index (κ1) is 14.6. The SMILES string of the molecule is CCCCn1nc(CCC)c(O)c1-c1cccc(C)c1. The van der Waals surface area contributed by atoms with Crippen molar-refractivity contribution < 1.29 is 5.11 Å². The summed E-state index contributed by atoms with van der Waals surface area (Å²) in [6.45, 7) is 7.21. The molecule has 1 N–H and O–H groups in total. The van der Waals surface area contributed by atoms with E-state index in [4.69, 9.17) is 0 Å². The van der Waals surface area contributed by atoms with E-state index in [0.717, 1.165) is 49.2 Å². The maximum Gasteiger partial charge on any atom is 0.164 e. The zero-order chi connectivity index (χ0) is 14.5. The first-order valence-electron chi connectivity index (χ1n) is 7.53. The van der Waals surface area contributed by atoms with Gasteiger partial charge in [-0.25, -0.2) is 0 Å². The number of aryl methyl sites for hydroxylation is 3. The molecule has 1 heterocycles. The quantitative estimate of drug-likeness (QED) is 0.850. The van der Waals surface area contributed by atoms with Crippen molar-refractivity contribution in [3.05, 3.63) is 35.5 Å². The Morgan fingerprint density at radius 1 is 1.20 bits per heavy atom. The van der Waals surface area contributed by atoms with Crippen LogP contribution in [0.3, 0.4) is 0 Å². The average molecular weight is 272 g/mol. The number of benzene rings is 1. The molecule has 0 aliphatic heterocycles. The first-order valence-corrected chi connectivity index (χ1v) is 7.53. The monoisotopic (exact) mass is 272 g/mol. The van der Waals surface area contributed by atoms with Crippen LogP contribution in [0.5, 0.6) is 5.75 Å². The van der Waals surface area contributed by atoms with E-state index in [9.17, 15) is 5.11 Å². The molecular weight excluding hydrogens is 248 g/mol. The Balaban J connectivity index is 2.47. The van der Waals surface area contributed by atoms with E-state index in [1.54, 1.807) is 0 Å². The van der Waals surface area contributed by atoms with Crippen LogP contribution in [-0.4, -0.2) is 14.9 Å². The molecule has 0 saturated carbocycles. The third-order valence-corrected chi connectivity index (χ3v) is 3.50. The van der Waals surface area contributed by atoms with Gasteiger partial charge in [0.1, 0.15) is 11.4 Å². The van der Waals surface area contributed by atoms with Crippen molar-refractivity contribution in [2.75, 3.05) is 0 Å². The molecule has 2 aromatic rings. The summed E-state index contributed by atoms with van der Waals surface area (Å²) in [6, 6.07) is 8.25. The van der Waals surface area contributed by atoms with Crippen molar-refractivity contribution in [2.45, 2.75) is 53.0 Å².